The summed E-state index contributed by atoms with van der Waals surface area (Å²) in [5, 5.41) is 0. The van der Waals surface area contributed by atoms with Crippen LogP contribution in [-0.2, 0) is 15.3 Å². The van der Waals surface area contributed by atoms with Crippen molar-refractivity contribution >= 4 is 22.6 Å². The van der Waals surface area contributed by atoms with Gasteiger partial charge in [0.1, 0.15) is 0 Å². The van der Waals surface area contributed by atoms with Gasteiger partial charge in [0.2, 0.25) is 5.79 Å². The molecule has 0 atom stereocenters. The Morgan fingerprint density at radius 2 is 1.50 bits per heavy atom. The maximum absolute atomic E-state index is 5.94. The van der Waals surface area contributed by atoms with Crippen molar-refractivity contribution in [3.63, 3.8) is 0 Å². The predicted molar refractivity (Wildman–Crippen MR) is 78.3 cm³/mol. The zero-order valence-electron chi connectivity index (χ0n) is 9.80. The third-order valence-electron chi connectivity index (χ3n) is 3.05. The van der Waals surface area contributed by atoms with Crippen molar-refractivity contribution in [1.29, 1.82) is 0 Å². The highest BCUT2D eigenvalue weighted by molar-refractivity contribution is 14.1. The van der Waals surface area contributed by atoms with Crippen LogP contribution in [0.25, 0.3) is 0 Å². The molecule has 2 aromatic carbocycles. The summed E-state index contributed by atoms with van der Waals surface area (Å²) in [6.07, 6.45) is 0. The standard InChI is InChI=1S/C15H13IO2/c16-14-8-4-7-13(11-14)15(17-9-10-18-15)12-5-2-1-3-6-12/h1-8,11H,9-10H2. The lowest BCUT2D eigenvalue weighted by Gasteiger charge is -2.28. The van der Waals surface area contributed by atoms with Gasteiger partial charge in [-0.1, -0.05) is 42.5 Å². The van der Waals surface area contributed by atoms with Crippen LogP contribution in [0.15, 0.2) is 54.6 Å². The summed E-state index contributed by atoms with van der Waals surface area (Å²) in [6.45, 7) is 1.25. The highest BCUT2D eigenvalue weighted by atomic mass is 127. The van der Waals surface area contributed by atoms with E-state index in [1.807, 2.05) is 36.4 Å². The van der Waals surface area contributed by atoms with Crippen LogP contribution in [0.1, 0.15) is 11.1 Å². The van der Waals surface area contributed by atoms with E-state index in [9.17, 15) is 0 Å². The second-order valence-corrected chi connectivity index (χ2v) is 5.44. The first-order valence-corrected chi connectivity index (χ1v) is 6.99. The SMILES string of the molecule is Ic1cccc(C2(c3ccccc3)OCCO2)c1. The topological polar surface area (TPSA) is 18.5 Å². The fourth-order valence-corrected chi connectivity index (χ4v) is 2.81. The molecule has 0 amide bonds. The van der Waals surface area contributed by atoms with Gasteiger partial charge < -0.3 is 9.47 Å². The van der Waals surface area contributed by atoms with E-state index in [-0.39, 0.29) is 0 Å². The number of ether oxygens (including phenoxy) is 2. The lowest BCUT2D eigenvalue weighted by molar-refractivity contribution is -0.129. The Hall–Kier alpha value is -0.910. The van der Waals surface area contributed by atoms with Gasteiger partial charge in [-0.15, -0.1) is 0 Å². The van der Waals surface area contributed by atoms with Crippen LogP contribution < -0.4 is 0 Å². The highest BCUT2D eigenvalue weighted by Gasteiger charge is 2.40. The summed E-state index contributed by atoms with van der Waals surface area (Å²) in [5.74, 6) is -0.734. The predicted octanol–water partition coefficient (Wildman–Crippen LogP) is 3.54. The summed E-state index contributed by atoms with van der Waals surface area (Å²) >= 11 is 2.31. The lowest BCUT2D eigenvalue weighted by atomic mass is 9.97. The van der Waals surface area contributed by atoms with Gasteiger partial charge >= 0.3 is 0 Å². The van der Waals surface area contributed by atoms with Crippen molar-refractivity contribution in [2.75, 3.05) is 13.2 Å². The Balaban J connectivity index is 2.13. The molecule has 0 N–H and O–H groups in total. The van der Waals surface area contributed by atoms with Gasteiger partial charge in [-0.2, -0.15) is 0 Å². The summed E-state index contributed by atoms with van der Waals surface area (Å²) < 4.78 is 13.1. The second-order valence-electron chi connectivity index (χ2n) is 4.19. The van der Waals surface area contributed by atoms with Crippen LogP contribution in [-0.4, -0.2) is 13.2 Å². The Morgan fingerprint density at radius 3 is 2.17 bits per heavy atom. The Bertz CT molecular complexity index is 533. The van der Waals surface area contributed by atoms with Gasteiger partial charge in [0.05, 0.1) is 13.2 Å². The maximum Gasteiger partial charge on any atom is 0.222 e. The number of halogens is 1. The van der Waals surface area contributed by atoms with E-state index < -0.39 is 5.79 Å². The normalized spacial score (nSPS) is 17.8. The van der Waals surface area contributed by atoms with Crippen molar-refractivity contribution in [2.24, 2.45) is 0 Å². The average Bonchev–Trinajstić information content (AvgIpc) is 2.90. The largest absolute Gasteiger partial charge is 0.340 e. The molecule has 2 aromatic rings. The first-order valence-electron chi connectivity index (χ1n) is 5.91. The quantitative estimate of drug-likeness (QED) is 0.770. The molecule has 0 saturated carbocycles. The lowest BCUT2D eigenvalue weighted by Crippen LogP contribution is -2.28. The molecule has 0 bridgehead atoms. The number of hydrogen-bond donors (Lipinski definition) is 0. The van der Waals surface area contributed by atoms with Crippen LogP contribution >= 0.6 is 22.6 Å². The molecule has 0 aromatic heterocycles. The molecule has 92 valence electrons. The minimum absolute atomic E-state index is 0.625. The van der Waals surface area contributed by atoms with Crippen molar-refractivity contribution in [2.45, 2.75) is 5.79 Å². The second kappa shape index (κ2) is 4.99. The molecule has 2 nitrogen and oxygen atoms in total. The van der Waals surface area contributed by atoms with E-state index >= 15 is 0 Å². The molecule has 0 spiro atoms. The van der Waals surface area contributed by atoms with Crippen molar-refractivity contribution in [1.82, 2.24) is 0 Å². The van der Waals surface area contributed by atoms with E-state index in [1.54, 1.807) is 0 Å². The number of hydrogen-bond acceptors (Lipinski definition) is 2. The number of rotatable bonds is 2. The molecule has 3 heteroatoms. The van der Waals surface area contributed by atoms with Gasteiger partial charge in [-0.25, -0.2) is 0 Å². The summed E-state index contributed by atoms with van der Waals surface area (Å²) in [5.41, 5.74) is 2.10. The molecule has 0 radical (unpaired) electrons. The van der Waals surface area contributed by atoms with Gasteiger partial charge in [-0.05, 0) is 34.7 Å². The van der Waals surface area contributed by atoms with Gasteiger partial charge in [0.25, 0.3) is 0 Å². The molecule has 1 aliphatic rings. The minimum Gasteiger partial charge on any atom is -0.340 e. The first-order chi connectivity index (χ1) is 8.81. The van der Waals surface area contributed by atoms with Crippen LogP contribution in [0.5, 0.6) is 0 Å². The summed E-state index contributed by atoms with van der Waals surface area (Å²) in [6, 6.07) is 18.4. The Labute approximate surface area is 120 Å². The molecule has 1 fully saturated rings. The zero-order chi connectivity index (χ0) is 12.4. The van der Waals surface area contributed by atoms with Crippen LogP contribution in [0.3, 0.4) is 0 Å². The van der Waals surface area contributed by atoms with Gasteiger partial charge in [0, 0.05) is 14.7 Å². The molecular formula is C15H13IO2. The van der Waals surface area contributed by atoms with Crippen LogP contribution in [0.4, 0.5) is 0 Å². The Kier molecular flexibility index (Phi) is 3.37. The fraction of sp³-hybridized carbons (Fsp3) is 0.200. The fourth-order valence-electron chi connectivity index (χ4n) is 2.26. The molecule has 1 saturated heterocycles. The van der Waals surface area contributed by atoms with Crippen molar-refractivity contribution < 1.29 is 9.47 Å². The first kappa shape index (κ1) is 12.1. The average molecular weight is 352 g/mol. The maximum atomic E-state index is 5.94. The van der Waals surface area contributed by atoms with E-state index in [2.05, 4.69) is 40.8 Å². The van der Waals surface area contributed by atoms with Crippen molar-refractivity contribution in [3.8, 4) is 0 Å². The third-order valence-corrected chi connectivity index (χ3v) is 3.72. The molecule has 18 heavy (non-hydrogen) atoms. The highest BCUT2D eigenvalue weighted by Crippen LogP contribution is 2.38. The number of benzene rings is 2. The van der Waals surface area contributed by atoms with Crippen LogP contribution in [0, 0.1) is 3.57 Å². The molecular weight excluding hydrogens is 339 g/mol. The minimum atomic E-state index is -0.734. The molecule has 3 rings (SSSR count). The smallest absolute Gasteiger partial charge is 0.222 e. The molecule has 0 aliphatic carbocycles. The van der Waals surface area contributed by atoms with Gasteiger partial charge in [-0.3, -0.25) is 0 Å². The van der Waals surface area contributed by atoms with Crippen LogP contribution in [0.2, 0.25) is 0 Å². The van der Waals surface area contributed by atoms with E-state index in [0.717, 1.165) is 11.1 Å². The summed E-state index contributed by atoms with van der Waals surface area (Å²) in [4.78, 5) is 0. The van der Waals surface area contributed by atoms with Gasteiger partial charge in [0.15, 0.2) is 0 Å². The van der Waals surface area contributed by atoms with E-state index in [1.165, 1.54) is 3.57 Å². The van der Waals surface area contributed by atoms with E-state index in [4.69, 9.17) is 9.47 Å². The van der Waals surface area contributed by atoms with E-state index in [0.29, 0.717) is 13.2 Å². The summed E-state index contributed by atoms with van der Waals surface area (Å²) in [7, 11) is 0. The third kappa shape index (κ3) is 2.06. The zero-order valence-corrected chi connectivity index (χ0v) is 12.0. The molecule has 1 aliphatic heterocycles. The monoisotopic (exact) mass is 352 g/mol. The molecule has 0 unspecified atom stereocenters. The Morgan fingerprint density at radius 1 is 0.833 bits per heavy atom. The molecule has 1 heterocycles. The van der Waals surface area contributed by atoms with Crippen molar-refractivity contribution in [3.05, 3.63) is 69.3 Å².